The highest BCUT2D eigenvalue weighted by atomic mass is 16.2. The normalized spacial score (nSPS) is 27.8. The van der Waals surface area contributed by atoms with Gasteiger partial charge in [0.15, 0.2) is 0 Å². The first kappa shape index (κ1) is 17.4. The van der Waals surface area contributed by atoms with Crippen molar-refractivity contribution in [1.29, 1.82) is 0 Å². The van der Waals surface area contributed by atoms with Crippen LogP contribution in [0.5, 0.6) is 0 Å². The van der Waals surface area contributed by atoms with Crippen molar-refractivity contribution in [2.45, 2.75) is 84.2 Å². The number of carbonyl (C=O) groups excluding carboxylic acids is 1. The monoisotopic (exact) mass is 332 g/mol. The number of amides is 1. The molecule has 5 nitrogen and oxygen atoms in total. The molecular formula is C19H32N4O. The molecule has 2 saturated carbocycles. The molecule has 2 aliphatic rings. The minimum absolute atomic E-state index is 0.184. The first-order valence-corrected chi connectivity index (χ1v) is 9.63. The van der Waals surface area contributed by atoms with Gasteiger partial charge in [0.2, 0.25) is 5.91 Å². The molecule has 1 N–H and O–H groups in total. The molecule has 2 fully saturated rings. The van der Waals surface area contributed by atoms with Crippen molar-refractivity contribution < 1.29 is 4.79 Å². The lowest BCUT2D eigenvalue weighted by molar-refractivity contribution is -0.131. The van der Waals surface area contributed by atoms with Gasteiger partial charge in [-0.3, -0.25) is 4.79 Å². The molecule has 0 radical (unpaired) electrons. The van der Waals surface area contributed by atoms with Gasteiger partial charge < -0.3 is 5.32 Å². The summed E-state index contributed by atoms with van der Waals surface area (Å²) in [5.41, 5.74) is 0.354. The molecule has 2 aliphatic carbocycles. The number of fused-ring (bicyclic) bond motifs is 1. The maximum absolute atomic E-state index is 13.0. The summed E-state index contributed by atoms with van der Waals surface area (Å²) in [6, 6.07) is 0.277. The van der Waals surface area contributed by atoms with Crippen molar-refractivity contribution in [3.63, 3.8) is 0 Å². The average Bonchev–Trinajstić information content (AvgIpc) is 3.05. The topological polar surface area (TPSA) is 59.8 Å². The van der Waals surface area contributed by atoms with Crippen LogP contribution in [0.1, 0.15) is 84.4 Å². The Bertz CT molecular complexity index is 576. The van der Waals surface area contributed by atoms with Crippen LogP contribution in [0.4, 0.5) is 0 Å². The predicted molar refractivity (Wildman–Crippen MR) is 94.4 cm³/mol. The van der Waals surface area contributed by atoms with E-state index in [1.165, 1.54) is 38.5 Å². The lowest BCUT2D eigenvalue weighted by atomic mass is 9.65. The van der Waals surface area contributed by atoms with E-state index >= 15 is 0 Å². The van der Waals surface area contributed by atoms with Crippen molar-refractivity contribution in [3.05, 3.63) is 11.9 Å². The quantitative estimate of drug-likeness (QED) is 0.912. The van der Waals surface area contributed by atoms with Crippen LogP contribution >= 0.6 is 0 Å². The van der Waals surface area contributed by atoms with E-state index in [0.29, 0.717) is 5.92 Å². The van der Waals surface area contributed by atoms with Gasteiger partial charge in [0, 0.05) is 12.0 Å². The SMILES string of the molecule is CC(C)n1cc(C(C)(C)NC(=O)C2CCCC3CCCCC32)nn1. The molecule has 3 atom stereocenters. The van der Waals surface area contributed by atoms with E-state index in [4.69, 9.17) is 0 Å². The lowest BCUT2D eigenvalue weighted by Gasteiger charge is -2.41. The van der Waals surface area contributed by atoms with Crippen LogP contribution in [-0.4, -0.2) is 20.9 Å². The number of aromatic nitrogens is 3. The summed E-state index contributed by atoms with van der Waals surface area (Å²) in [7, 11) is 0. The van der Waals surface area contributed by atoms with Gasteiger partial charge in [-0.1, -0.05) is 37.3 Å². The minimum Gasteiger partial charge on any atom is -0.345 e. The maximum atomic E-state index is 13.0. The molecule has 134 valence electrons. The van der Waals surface area contributed by atoms with Crippen LogP contribution in [0.25, 0.3) is 0 Å². The summed E-state index contributed by atoms with van der Waals surface area (Å²) in [6.45, 7) is 8.21. The fourth-order valence-corrected chi connectivity index (χ4v) is 4.54. The third kappa shape index (κ3) is 3.50. The Labute approximate surface area is 145 Å². The van der Waals surface area contributed by atoms with Crippen molar-refractivity contribution >= 4 is 5.91 Å². The highest BCUT2D eigenvalue weighted by Gasteiger charge is 2.40. The zero-order valence-electron chi connectivity index (χ0n) is 15.6. The highest BCUT2D eigenvalue weighted by molar-refractivity contribution is 5.80. The molecule has 0 bridgehead atoms. The van der Waals surface area contributed by atoms with Gasteiger partial charge in [0.1, 0.15) is 5.69 Å². The second-order valence-corrected chi connectivity index (χ2v) is 8.54. The average molecular weight is 332 g/mol. The number of nitrogens with one attached hydrogen (secondary N) is 1. The Kier molecular flexibility index (Phi) is 4.97. The second-order valence-electron chi connectivity index (χ2n) is 8.54. The standard InChI is InChI=1S/C19H32N4O/c1-13(2)23-12-17(21-22-23)19(3,4)20-18(24)16-11-7-9-14-8-5-6-10-15(14)16/h12-16H,5-11H2,1-4H3,(H,20,24). The van der Waals surface area contributed by atoms with E-state index in [1.54, 1.807) is 0 Å². The zero-order valence-corrected chi connectivity index (χ0v) is 15.6. The van der Waals surface area contributed by atoms with Gasteiger partial charge in [-0.05, 0) is 52.4 Å². The Hall–Kier alpha value is -1.39. The number of nitrogens with zero attached hydrogens (tertiary/aromatic N) is 3. The molecule has 0 spiro atoms. The summed E-state index contributed by atoms with van der Waals surface area (Å²) in [6.07, 6.45) is 10.7. The second kappa shape index (κ2) is 6.85. The molecule has 0 saturated heterocycles. The molecule has 1 aromatic rings. The van der Waals surface area contributed by atoms with E-state index in [0.717, 1.165) is 18.0 Å². The number of rotatable bonds is 4. The van der Waals surface area contributed by atoms with E-state index in [2.05, 4.69) is 29.5 Å². The summed E-state index contributed by atoms with van der Waals surface area (Å²) >= 11 is 0. The molecule has 0 aromatic carbocycles. The molecular weight excluding hydrogens is 300 g/mol. The van der Waals surface area contributed by atoms with Crippen LogP contribution in [0.2, 0.25) is 0 Å². The van der Waals surface area contributed by atoms with Crippen LogP contribution in [0, 0.1) is 17.8 Å². The largest absolute Gasteiger partial charge is 0.345 e. The minimum atomic E-state index is -0.480. The smallest absolute Gasteiger partial charge is 0.224 e. The van der Waals surface area contributed by atoms with Gasteiger partial charge in [-0.15, -0.1) is 5.10 Å². The molecule has 1 aromatic heterocycles. The van der Waals surface area contributed by atoms with E-state index in [1.807, 2.05) is 24.7 Å². The predicted octanol–water partition coefficient (Wildman–Crippen LogP) is 3.82. The van der Waals surface area contributed by atoms with Crippen LogP contribution in [0.3, 0.4) is 0 Å². The fourth-order valence-electron chi connectivity index (χ4n) is 4.54. The lowest BCUT2D eigenvalue weighted by Crippen LogP contribution is -2.48. The van der Waals surface area contributed by atoms with Gasteiger partial charge in [-0.25, -0.2) is 4.68 Å². The first-order valence-electron chi connectivity index (χ1n) is 9.63. The Morgan fingerprint density at radius 1 is 1.21 bits per heavy atom. The Balaban J connectivity index is 1.70. The molecule has 3 rings (SSSR count). The van der Waals surface area contributed by atoms with Crippen molar-refractivity contribution in [2.24, 2.45) is 17.8 Å². The molecule has 1 heterocycles. The zero-order chi connectivity index (χ0) is 17.3. The van der Waals surface area contributed by atoms with Crippen LogP contribution in [-0.2, 0) is 10.3 Å². The molecule has 0 aliphatic heterocycles. The van der Waals surface area contributed by atoms with E-state index in [9.17, 15) is 4.79 Å². The highest BCUT2D eigenvalue weighted by Crippen LogP contribution is 2.44. The Morgan fingerprint density at radius 2 is 1.92 bits per heavy atom. The van der Waals surface area contributed by atoms with E-state index in [-0.39, 0.29) is 17.9 Å². The number of hydrogen-bond donors (Lipinski definition) is 1. The van der Waals surface area contributed by atoms with Crippen molar-refractivity contribution in [1.82, 2.24) is 20.3 Å². The van der Waals surface area contributed by atoms with Crippen LogP contribution in [0.15, 0.2) is 6.20 Å². The molecule has 24 heavy (non-hydrogen) atoms. The van der Waals surface area contributed by atoms with Gasteiger partial charge in [0.05, 0.1) is 11.7 Å². The first-order chi connectivity index (χ1) is 11.4. The Morgan fingerprint density at radius 3 is 2.62 bits per heavy atom. The summed E-state index contributed by atoms with van der Waals surface area (Å²) in [5, 5.41) is 11.7. The van der Waals surface area contributed by atoms with Crippen molar-refractivity contribution in [2.75, 3.05) is 0 Å². The summed E-state index contributed by atoms with van der Waals surface area (Å²) < 4.78 is 1.85. The summed E-state index contributed by atoms with van der Waals surface area (Å²) in [5.74, 6) is 1.77. The van der Waals surface area contributed by atoms with Crippen molar-refractivity contribution in [3.8, 4) is 0 Å². The third-order valence-electron chi connectivity index (χ3n) is 6.03. The van der Waals surface area contributed by atoms with Gasteiger partial charge in [0.25, 0.3) is 0 Å². The molecule has 5 heteroatoms. The van der Waals surface area contributed by atoms with Gasteiger partial charge >= 0.3 is 0 Å². The number of hydrogen-bond acceptors (Lipinski definition) is 3. The number of carbonyl (C=O) groups is 1. The molecule has 3 unspecified atom stereocenters. The van der Waals surface area contributed by atoms with Crippen LogP contribution < -0.4 is 5.32 Å². The van der Waals surface area contributed by atoms with E-state index < -0.39 is 5.54 Å². The summed E-state index contributed by atoms with van der Waals surface area (Å²) in [4.78, 5) is 13.0. The third-order valence-corrected chi connectivity index (χ3v) is 6.03. The fraction of sp³-hybridized carbons (Fsp3) is 0.842. The molecule has 1 amide bonds. The van der Waals surface area contributed by atoms with Gasteiger partial charge in [-0.2, -0.15) is 0 Å². The maximum Gasteiger partial charge on any atom is 0.224 e.